The smallest absolute Gasteiger partial charge is 0.222 e. The molecule has 3 aliphatic rings. The molecule has 0 aromatic rings. The molecule has 30 heavy (non-hydrogen) atoms. The highest BCUT2D eigenvalue weighted by molar-refractivity contribution is 5.76. The molecule has 0 aromatic heterocycles. The van der Waals surface area contributed by atoms with Gasteiger partial charge in [-0.3, -0.25) is 9.69 Å². The first-order valence-electron chi connectivity index (χ1n) is 12.3. The topological polar surface area (TPSA) is 45.3 Å². The van der Waals surface area contributed by atoms with Gasteiger partial charge in [0.15, 0.2) is 5.79 Å². The predicted molar refractivity (Wildman–Crippen MR) is 120 cm³/mol. The molecular formula is C24H45N3O3. The number of fused-ring (bicyclic) bond motifs is 1. The molecular weight excluding hydrogens is 378 g/mol. The summed E-state index contributed by atoms with van der Waals surface area (Å²) < 4.78 is 12.1. The summed E-state index contributed by atoms with van der Waals surface area (Å²) in [5.41, 5.74) is 0. The highest BCUT2D eigenvalue weighted by atomic mass is 16.7. The van der Waals surface area contributed by atoms with Gasteiger partial charge >= 0.3 is 0 Å². The molecule has 1 spiro atoms. The fourth-order valence-electron chi connectivity index (χ4n) is 5.84. The minimum atomic E-state index is -0.333. The summed E-state index contributed by atoms with van der Waals surface area (Å²) >= 11 is 0. The minimum absolute atomic E-state index is 0.333. The average molecular weight is 424 g/mol. The van der Waals surface area contributed by atoms with Gasteiger partial charge in [-0.1, -0.05) is 20.8 Å². The molecule has 3 rings (SSSR count). The maximum atomic E-state index is 13.3. The van der Waals surface area contributed by atoms with Gasteiger partial charge < -0.3 is 19.3 Å². The van der Waals surface area contributed by atoms with E-state index in [1.54, 1.807) is 0 Å². The molecule has 0 N–H and O–H groups in total. The second kappa shape index (κ2) is 10.8. The summed E-state index contributed by atoms with van der Waals surface area (Å²) in [5, 5.41) is 0. The molecule has 2 aliphatic heterocycles. The van der Waals surface area contributed by atoms with Crippen LogP contribution in [0.15, 0.2) is 0 Å². The Balaban J connectivity index is 1.64. The van der Waals surface area contributed by atoms with Gasteiger partial charge in [0.05, 0.1) is 13.2 Å². The third kappa shape index (κ3) is 6.18. The lowest BCUT2D eigenvalue weighted by atomic mass is 9.72. The van der Waals surface area contributed by atoms with Gasteiger partial charge in [0.1, 0.15) is 0 Å². The molecule has 0 bridgehead atoms. The van der Waals surface area contributed by atoms with Gasteiger partial charge in [-0.15, -0.1) is 0 Å². The van der Waals surface area contributed by atoms with Crippen molar-refractivity contribution < 1.29 is 14.3 Å². The lowest BCUT2D eigenvalue weighted by Crippen LogP contribution is -2.55. The van der Waals surface area contributed by atoms with Crippen LogP contribution in [-0.4, -0.2) is 92.5 Å². The SMILES string of the molecule is CCCN1C[C@@H](CC(=O)N(CCN(C)C)CC(C)C)C[C@@H]2CC3(CC[C@H]21)OCCO3. The van der Waals surface area contributed by atoms with E-state index >= 15 is 0 Å². The Hall–Kier alpha value is -0.690. The van der Waals surface area contributed by atoms with Crippen LogP contribution in [0.3, 0.4) is 0 Å². The molecule has 0 aromatic carbocycles. The molecule has 2 saturated heterocycles. The highest BCUT2D eigenvalue weighted by Gasteiger charge is 2.49. The summed E-state index contributed by atoms with van der Waals surface area (Å²) in [6.45, 7) is 12.9. The van der Waals surface area contributed by atoms with E-state index in [1.165, 1.54) is 6.42 Å². The molecule has 3 atom stereocenters. The van der Waals surface area contributed by atoms with E-state index in [0.717, 1.165) is 71.6 Å². The van der Waals surface area contributed by atoms with Crippen molar-refractivity contribution in [3.8, 4) is 0 Å². The van der Waals surface area contributed by atoms with Gasteiger partial charge in [-0.2, -0.15) is 0 Å². The second-order valence-corrected chi connectivity index (χ2v) is 10.5. The number of carbonyl (C=O) groups is 1. The minimum Gasteiger partial charge on any atom is -0.348 e. The van der Waals surface area contributed by atoms with E-state index in [0.29, 0.717) is 36.1 Å². The molecule has 6 heteroatoms. The molecule has 1 saturated carbocycles. The van der Waals surface area contributed by atoms with Crippen molar-refractivity contribution in [3.05, 3.63) is 0 Å². The zero-order valence-corrected chi connectivity index (χ0v) is 20.1. The van der Waals surface area contributed by atoms with Gasteiger partial charge in [-0.25, -0.2) is 0 Å². The number of rotatable bonds is 9. The number of piperidine rings is 1. The Kier molecular flexibility index (Phi) is 8.59. The lowest BCUT2D eigenvalue weighted by molar-refractivity contribution is -0.203. The van der Waals surface area contributed by atoms with E-state index in [2.05, 4.69) is 49.6 Å². The molecule has 3 fully saturated rings. The Labute approximate surface area is 184 Å². The molecule has 0 unspecified atom stereocenters. The van der Waals surface area contributed by atoms with E-state index < -0.39 is 0 Å². The van der Waals surface area contributed by atoms with E-state index in [-0.39, 0.29) is 5.79 Å². The first-order valence-corrected chi connectivity index (χ1v) is 12.3. The Morgan fingerprint density at radius 3 is 2.57 bits per heavy atom. The van der Waals surface area contributed by atoms with Crippen LogP contribution >= 0.6 is 0 Å². The van der Waals surface area contributed by atoms with Crippen LogP contribution in [0.1, 0.15) is 59.3 Å². The predicted octanol–water partition coefficient (Wildman–Crippen LogP) is 3.07. The largest absolute Gasteiger partial charge is 0.348 e. The highest BCUT2D eigenvalue weighted by Crippen LogP contribution is 2.45. The molecule has 6 nitrogen and oxygen atoms in total. The zero-order valence-electron chi connectivity index (χ0n) is 20.1. The third-order valence-corrected chi connectivity index (χ3v) is 7.08. The number of amides is 1. The van der Waals surface area contributed by atoms with Crippen LogP contribution in [-0.2, 0) is 14.3 Å². The van der Waals surface area contributed by atoms with Crippen molar-refractivity contribution in [1.82, 2.24) is 14.7 Å². The maximum Gasteiger partial charge on any atom is 0.222 e. The van der Waals surface area contributed by atoms with Crippen LogP contribution in [0.5, 0.6) is 0 Å². The first kappa shape index (κ1) is 24.0. The number of nitrogens with zero attached hydrogens (tertiary/aromatic N) is 3. The number of hydrogen-bond acceptors (Lipinski definition) is 5. The van der Waals surface area contributed by atoms with Crippen molar-refractivity contribution in [2.75, 3.05) is 60.0 Å². The second-order valence-electron chi connectivity index (χ2n) is 10.5. The Morgan fingerprint density at radius 2 is 1.93 bits per heavy atom. The maximum absolute atomic E-state index is 13.3. The van der Waals surface area contributed by atoms with Gasteiger partial charge in [0.25, 0.3) is 0 Å². The van der Waals surface area contributed by atoms with E-state index in [1.807, 2.05) is 0 Å². The van der Waals surface area contributed by atoms with E-state index in [9.17, 15) is 4.79 Å². The average Bonchev–Trinajstić information content (AvgIpc) is 3.12. The van der Waals surface area contributed by atoms with Gasteiger partial charge in [0.2, 0.25) is 5.91 Å². The van der Waals surface area contributed by atoms with Crippen LogP contribution in [0.25, 0.3) is 0 Å². The van der Waals surface area contributed by atoms with Crippen molar-refractivity contribution in [1.29, 1.82) is 0 Å². The molecule has 2 heterocycles. The quantitative estimate of drug-likeness (QED) is 0.570. The fourth-order valence-corrected chi connectivity index (χ4v) is 5.84. The molecule has 174 valence electrons. The normalized spacial score (nSPS) is 29.0. The molecule has 1 amide bonds. The summed E-state index contributed by atoms with van der Waals surface area (Å²) in [6.07, 6.45) is 6.16. The van der Waals surface area contributed by atoms with Crippen LogP contribution in [0.2, 0.25) is 0 Å². The number of hydrogen-bond donors (Lipinski definition) is 0. The number of likely N-dealkylation sites (tertiary alicyclic amines) is 1. The Morgan fingerprint density at radius 1 is 1.20 bits per heavy atom. The third-order valence-electron chi connectivity index (χ3n) is 7.08. The van der Waals surface area contributed by atoms with Crippen molar-refractivity contribution >= 4 is 5.91 Å². The monoisotopic (exact) mass is 423 g/mol. The van der Waals surface area contributed by atoms with Crippen molar-refractivity contribution in [2.45, 2.75) is 71.1 Å². The molecule has 0 radical (unpaired) electrons. The fraction of sp³-hybridized carbons (Fsp3) is 0.958. The first-order chi connectivity index (χ1) is 14.3. The standard InChI is InChI=1S/C24H45N3O3/c1-6-9-26-18-20(15-23(28)27(17-19(2)3)11-10-25(4)5)14-21-16-24(8-7-22(21)26)29-12-13-30-24/h19-22H,6-18H2,1-5H3/t20-,21-,22-/m1/s1. The number of ether oxygens (including phenoxy) is 2. The van der Waals surface area contributed by atoms with Crippen molar-refractivity contribution in [3.63, 3.8) is 0 Å². The number of likely N-dealkylation sites (N-methyl/N-ethyl adjacent to an activating group) is 1. The number of carbonyl (C=O) groups excluding carboxylic acids is 1. The summed E-state index contributed by atoms with van der Waals surface area (Å²) in [6, 6.07) is 0.634. The van der Waals surface area contributed by atoms with Crippen LogP contribution in [0.4, 0.5) is 0 Å². The van der Waals surface area contributed by atoms with Crippen LogP contribution in [0, 0.1) is 17.8 Å². The van der Waals surface area contributed by atoms with Crippen LogP contribution < -0.4 is 0 Å². The van der Waals surface area contributed by atoms with Gasteiger partial charge in [-0.05, 0) is 57.7 Å². The molecule has 1 aliphatic carbocycles. The zero-order chi connectivity index (χ0) is 21.7. The summed E-state index contributed by atoms with van der Waals surface area (Å²) in [7, 11) is 4.15. The lowest BCUT2D eigenvalue weighted by Gasteiger charge is -2.51. The van der Waals surface area contributed by atoms with Gasteiger partial charge in [0, 0.05) is 51.5 Å². The Bertz CT molecular complexity index is 548. The summed E-state index contributed by atoms with van der Waals surface area (Å²) in [5.74, 6) is 1.52. The summed E-state index contributed by atoms with van der Waals surface area (Å²) in [4.78, 5) is 20.2. The van der Waals surface area contributed by atoms with E-state index in [4.69, 9.17) is 9.47 Å². The van der Waals surface area contributed by atoms with Crippen molar-refractivity contribution in [2.24, 2.45) is 17.8 Å².